The summed E-state index contributed by atoms with van der Waals surface area (Å²) in [7, 11) is 1.49. The van der Waals surface area contributed by atoms with Gasteiger partial charge in [-0.3, -0.25) is 43.2 Å². The number of unbranched alkanes of at least 4 members (excludes halogenated alkanes) is 1. The van der Waals surface area contributed by atoms with E-state index >= 15 is 0 Å². The molecule has 0 saturated carbocycles. The summed E-state index contributed by atoms with van der Waals surface area (Å²) in [4.78, 5) is 117. The highest BCUT2D eigenvalue weighted by Gasteiger charge is 2.39. The van der Waals surface area contributed by atoms with Gasteiger partial charge in [0.2, 0.25) is 47.3 Å². The monoisotopic (exact) mass is 836 g/mol. The van der Waals surface area contributed by atoms with Crippen molar-refractivity contribution < 1.29 is 53.4 Å². The first-order valence-corrected chi connectivity index (χ1v) is 19.4. The number of carboxylic acid groups (broad SMARTS) is 1. The van der Waals surface area contributed by atoms with Crippen LogP contribution in [0.15, 0.2) is 30.3 Å². The molecule has 0 bridgehead atoms. The molecule has 7 atom stereocenters. The molecule has 1 fully saturated rings. The quantitative estimate of drug-likeness (QED) is 0.0326. The zero-order valence-corrected chi connectivity index (χ0v) is 33.4. The van der Waals surface area contributed by atoms with Crippen LogP contribution in [0.5, 0.6) is 0 Å². The van der Waals surface area contributed by atoms with E-state index < -0.39 is 109 Å². The number of likely N-dealkylation sites (N-methyl/N-ethyl adjacent to an activating group) is 1. The third-order valence-corrected chi connectivity index (χ3v) is 9.44. The fourth-order valence-electron chi connectivity index (χ4n) is 5.98. The standard InChI is InChI=1S/C36H56N10O11S/c1-20(36(56)57)40-34(54)27-12-8-14-46(27)35(55)22(11-6-7-13-37)42-32(52)25(18-47)44-30(50)23(15-21-9-4-3-5-10-21)43-33(53)26(19-58)45-31(51)24(16-28(38)48)41-29(49)17-39-2/h3-5,9-10,20,22-27,39,47,58H,6-8,11-19,37H2,1-2H3,(H2,38,48)(H,40,54)(H,41,49)(H,42,52)(H,43,53)(H,44,50)(H,45,51)(H,56,57)/t20-,22-,23-,24-,25-,26-,27-/m0/s1. The van der Waals surface area contributed by atoms with Gasteiger partial charge in [-0.25, -0.2) is 0 Å². The number of hydrogen-bond donors (Lipinski definition) is 12. The zero-order valence-electron chi connectivity index (χ0n) is 32.5. The molecule has 322 valence electrons. The minimum atomic E-state index is -1.63. The third-order valence-electron chi connectivity index (χ3n) is 9.07. The summed E-state index contributed by atoms with van der Waals surface area (Å²) in [5, 5.41) is 36.7. The lowest BCUT2D eigenvalue weighted by atomic mass is 10.0. The summed E-state index contributed by atoms with van der Waals surface area (Å²) >= 11 is 4.16. The maximum atomic E-state index is 13.8. The molecule has 0 unspecified atom stereocenters. The number of nitrogens with one attached hydrogen (secondary N) is 7. The average Bonchev–Trinajstić information content (AvgIpc) is 3.68. The highest BCUT2D eigenvalue weighted by Crippen LogP contribution is 2.20. The van der Waals surface area contributed by atoms with Crippen LogP contribution in [-0.2, 0) is 49.6 Å². The molecule has 22 heteroatoms. The Kier molecular flexibility index (Phi) is 21.2. The summed E-state index contributed by atoms with van der Waals surface area (Å²) < 4.78 is 0. The van der Waals surface area contributed by atoms with Crippen molar-refractivity contribution in [2.45, 2.75) is 94.2 Å². The molecule has 0 radical (unpaired) electrons. The molecule has 21 nitrogen and oxygen atoms in total. The number of benzene rings is 1. The molecule has 1 aliphatic heterocycles. The number of amides is 8. The van der Waals surface area contributed by atoms with Crippen molar-refractivity contribution in [3.8, 4) is 0 Å². The number of carboxylic acids is 1. The van der Waals surface area contributed by atoms with Crippen molar-refractivity contribution in [3.63, 3.8) is 0 Å². The van der Waals surface area contributed by atoms with Crippen LogP contribution in [0.25, 0.3) is 0 Å². The van der Waals surface area contributed by atoms with Gasteiger partial charge < -0.3 is 63.8 Å². The Bertz CT molecular complexity index is 1600. The van der Waals surface area contributed by atoms with Gasteiger partial charge in [0.05, 0.1) is 19.6 Å². The van der Waals surface area contributed by atoms with Crippen molar-refractivity contribution in [2.75, 3.05) is 39.0 Å². The van der Waals surface area contributed by atoms with Gasteiger partial charge >= 0.3 is 5.97 Å². The van der Waals surface area contributed by atoms with Crippen molar-refractivity contribution in [2.24, 2.45) is 11.5 Å². The van der Waals surface area contributed by atoms with Crippen LogP contribution >= 0.6 is 12.6 Å². The molecule has 58 heavy (non-hydrogen) atoms. The van der Waals surface area contributed by atoms with Crippen LogP contribution in [0, 0.1) is 0 Å². The smallest absolute Gasteiger partial charge is 0.325 e. The molecule has 1 aromatic rings. The molecule has 0 spiro atoms. The van der Waals surface area contributed by atoms with Gasteiger partial charge in [-0.2, -0.15) is 12.6 Å². The zero-order chi connectivity index (χ0) is 43.4. The van der Waals surface area contributed by atoms with Crippen LogP contribution < -0.4 is 48.7 Å². The first-order chi connectivity index (χ1) is 27.6. The Morgan fingerprint density at radius 1 is 0.828 bits per heavy atom. The van der Waals surface area contributed by atoms with Crippen LogP contribution in [0.1, 0.15) is 51.0 Å². The summed E-state index contributed by atoms with van der Waals surface area (Å²) in [5.74, 6) is -8.05. The Morgan fingerprint density at radius 2 is 1.41 bits per heavy atom. The maximum absolute atomic E-state index is 13.8. The summed E-state index contributed by atoms with van der Waals surface area (Å²) in [5.41, 5.74) is 11.5. The molecule has 0 aromatic heterocycles. The van der Waals surface area contributed by atoms with Gasteiger partial charge in [0.25, 0.3) is 0 Å². The Balaban J connectivity index is 2.28. The van der Waals surface area contributed by atoms with Crippen molar-refractivity contribution in [1.29, 1.82) is 0 Å². The van der Waals surface area contributed by atoms with Crippen LogP contribution in [0.4, 0.5) is 0 Å². The summed E-state index contributed by atoms with van der Waals surface area (Å²) in [6, 6.07) is -0.790. The molecule has 1 aliphatic rings. The Labute approximate surface area is 341 Å². The summed E-state index contributed by atoms with van der Waals surface area (Å²) in [6.45, 7) is 0.630. The van der Waals surface area contributed by atoms with Gasteiger partial charge in [-0.05, 0) is 58.2 Å². The highest BCUT2D eigenvalue weighted by molar-refractivity contribution is 7.80. The van der Waals surface area contributed by atoms with Gasteiger partial charge in [0.15, 0.2) is 0 Å². The molecule has 1 heterocycles. The predicted molar refractivity (Wildman–Crippen MR) is 211 cm³/mol. The predicted octanol–water partition coefficient (Wildman–Crippen LogP) is -4.62. The minimum absolute atomic E-state index is 0.0905. The summed E-state index contributed by atoms with van der Waals surface area (Å²) in [6.07, 6.45) is 0.982. The number of thiol groups is 1. The van der Waals surface area contributed by atoms with E-state index in [1.807, 2.05) is 0 Å². The second-order valence-electron chi connectivity index (χ2n) is 13.7. The highest BCUT2D eigenvalue weighted by atomic mass is 32.1. The van der Waals surface area contributed by atoms with Crippen LogP contribution in [0.2, 0.25) is 0 Å². The largest absolute Gasteiger partial charge is 0.480 e. The first kappa shape index (κ1) is 48.8. The van der Waals surface area contributed by atoms with Crippen molar-refractivity contribution in [3.05, 3.63) is 35.9 Å². The van der Waals surface area contributed by atoms with Crippen LogP contribution in [0.3, 0.4) is 0 Å². The first-order valence-electron chi connectivity index (χ1n) is 18.8. The number of hydrogen-bond acceptors (Lipinski definition) is 13. The van der Waals surface area contributed by atoms with Gasteiger partial charge in [-0.15, -0.1) is 0 Å². The number of nitrogens with two attached hydrogens (primary N) is 2. The lowest BCUT2D eigenvalue weighted by Gasteiger charge is -2.30. The third kappa shape index (κ3) is 15.9. The fourth-order valence-corrected chi connectivity index (χ4v) is 6.23. The van der Waals surface area contributed by atoms with E-state index in [0.29, 0.717) is 31.4 Å². The number of aliphatic carboxylic acids is 1. The maximum Gasteiger partial charge on any atom is 0.325 e. The minimum Gasteiger partial charge on any atom is -0.480 e. The number of nitrogens with zero attached hydrogens (tertiary/aromatic N) is 1. The Hall–Kier alpha value is -5.32. The molecule has 8 amide bonds. The lowest BCUT2D eigenvalue weighted by Crippen LogP contribution is -2.61. The van der Waals surface area contributed by atoms with E-state index in [2.05, 4.69) is 49.8 Å². The number of aliphatic hydroxyl groups excluding tert-OH is 1. The number of aliphatic hydroxyl groups is 1. The van der Waals surface area contributed by atoms with Gasteiger partial charge in [0.1, 0.15) is 42.3 Å². The normalized spacial score (nSPS) is 16.6. The van der Waals surface area contributed by atoms with E-state index in [-0.39, 0.29) is 38.1 Å². The second-order valence-corrected chi connectivity index (χ2v) is 14.0. The van der Waals surface area contributed by atoms with E-state index in [0.717, 1.165) is 0 Å². The van der Waals surface area contributed by atoms with Gasteiger partial charge in [-0.1, -0.05) is 30.3 Å². The molecule has 2 rings (SSSR count). The molecular weight excluding hydrogens is 781 g/mol. The molecule has 0 aliphatic carbocycles. The number of primary amides is 1. The van der Waals surface area contributed by atoms with E-state index in [1.54, 1.807) is 30.3 Å². The van der Waals surface area contributed by atoms with Crippen LogP contribution in [-0.4, -0.2) is 150 Å². The van der Waals surface area contributed by atoms with Crippen molar-refractivity contribution in [1.82, 2.24) is 42.1 Å². The van der Waals surface area contributed by atoms with E-state index in [9.17, 15) is 53.4 Å². The molecule has 1 aromatic carbocycles. The fraction of sp³-hybridized carbons (Fsp3) is 0.583. The number of rotatable bonds is 25. The number of likely N-dealkylation sites (tertiary alicyclic amines) is 1. The number of carbonyl (C=O) groups is 9. The topological polar surface area (TPSA) is 334 Å². The average molecular weight is 837 g/mol. The second kappa shape index (κ2) is 25.1. The number of carbonyl (C=O) groups excluding carboxylic acids is 8. The van der Waals surface area contributed by atoms with E-state index in [1.165, 1.54) is 18.9 Å². The molecular formula is C36H56N10O11S. The lowest BCUT2D eigenvalue weighted by molar-refractivity contribution is -0.144. The van der Waals surface area contributed by atoms with E-state index in [4.69, 9.17) is 11.5 Å². The molecule has 1 saturated heterocycles. The Morgan fingerprint density at radius 3 is 2.00 bits per heavy atom. The van der Waals surface area contributed by atoms with Crippen molar-refractivity contribution >= 4 is 65.9 Å². The molecule has 13 N–H and O–H groups in total. The SMILES string of the molecule is CNCC(=O)N[C@@H](CC(N)=O)C(=O)N[C@@H](CS)C(=O)N[C@@H](Cc1ccccc1)C(=O)N[C@@H](CO)C(=O)N[C@@H](CCCCN)C(=O)N1CCC[C@H]1C(=O)N[C@@H](C)C(=O)O. The van der Waals surface area contributed by atoms with Gasteiger partial charge in [0, 0.05) is 18.7 Å².